The SMILES string of the molecule is COc1ccc([C@H](C)N[S@@+]([O-])C(C)(C)C)cc1C1CC1. The maximum Gasteiger partial charge on any atom is 0.136 e. The van der Waals surface area contributed by atoms with Crippen molar-refractivity contribution in [2.24, 2.45) is 0 Å². The van der Waals surface area contributed by atoms with Crippen molar-refractivity contribution in [1.82, 2.24) is 4.72 Å². The molecule has 0 heterocycles. The van der Waals surface area contributed by atoms with Gasteiger partial charge in [0.15, 0.2) is 0 Å². The topological polar surface area (TPSA) is 44.3 Å². The molecule has 20 heavy (non-hydrogen) atoms. The Balaban J connectivity index is 2.14. The Hall–Kier alpha value is -0.710. The van der Waals surface area contributed by atoms with E-state index >= 15 is 0 Å². The van der Waals surface area contributed by atoms with Gasteiger partial charge >= 0.3 is 0 Å². The molecule has 0 amide bonds. The molecule has 0 aromatic heterocycles. The first-order valence-corrected chi connectivity index (χ1v) is 8.34. The van der Waals surface area contributed by atoms with E-state index in [0.717, 1.165) is 5.75 Å². The number of nitrogens with one attached hydrogen (secondary N) is 1. The standard InChI is InChI=1S/C16H25NO2S/c1-11(17-20(18)16(2,3)4)13-8-9-15(19-5)14(10-13)12-6-7-12/h8-12,17H,6-7H2,1-5H3/t11-,20-/m0/s1. The predicted octanol–water partition coefficient (Wildman–Crippen LogP) is 3.69. The van der Waals surface area contributed by atoms with Crippen LogP contribution in [0.2, 0.25) is 0 Å². The largest absolute Gasteiger partial charge is 0.598 e. The monoisotopic (exact) mass is 295 g/mol. The van der Waals surface area contributed by atoms with Crippen LogP contribution in [0, 0.1) is 0 Å². The lowest BCUT2D eigenvalue weighted by atomic mass is 10.0. The van der Waals surface area contributed by atoms with Crippen LogP contribution in [0.15, 0.2) is 18.2 Å². The first-order valence-electron chi connectivity index (χ1n) is 7.19. The van der Waals surface area contributed by atoms with Gasteiger partial charge in [0.2, 0.25) is 0 Å². The average molecular weight is 295 g/mol. The van der Waals surface area contributed by atoms with Crippen molar-refractivity contribution in [1.29, 1.82) is 0 Å². The quantitative estimate of drug-likeness (QED) is 0.843. The molecule has 2 atom stereocenters. The summed E-state index contributed by atoms with van der Waals surface area (Å²) in [5.41, 5.74) is 2.46. The third-order valence-corrected chi connectivity index (χ3v) is 5.29. The molecule has 1 aromatic rings. The van der Waals surface area contributed by atoms with Crippen molar-refractivity contribution < 1.29 is 9.29 Å². The van der Waals surface area contributed by atoms with Crippen molar-refractivity contribution >= 4 is 11.4 Å². The minimum atomic E-state index is -1.06. The molecule has 0 unspecified atom stereocenters. The first kappa shape index (κ1) is 15.7. The van der Waals surface area contributed by atoms with Gasteiger partial charge < -0.3 is 9.29 Å². The summed E-state index contributed by atoms with van der Waals surface area (Å²) in [6.07, 6.45) is 2.49. The second kappa shape index (κ2) is 5.96. The van der Waals surface area contributed by atoms with E-state index in [9.17, 15) is 4.55 Å². The highest BCUT2D eigenvalue weighted by Gasteiger charge is 2.30. The smallest absolute Gasteiger partial charge is 0.136 e. The summed E-state index contributed by atoms with van der Waals surface area (Å²) >= 11 is -1.06. The minimum Gasteiger partial charge on any atom is -0.598 e. The van der Waals surface area contributed by atoms with E-state index in [2.05, 4.69) is 23.8 Å². The van der Waals surface area contributed by atoms with Crippen molar-refractivity contribution in [3.05, 3.63) is 29.3 Å². The van der Waals surface area contributed by atoms with E-state index in [1.165, 1.54) is 24.0 Å². The zero-order valence-electron chi connectivity index (χ0n) is 13.0. The number of hydrogen-bond donors (Lipinski definition) is 1. The van der Waals surface area contributed by atoms with E-state index in [0.29, 0.717) is 5.92 Å². The molecule has 1 fully saturated rings. The summed E-state index contributed by atoms with van der Waals surface area (Å²) in [4.78, 5) is 0. The fourth-order valence-corrected chi connectivity index (χ4v) is 2.95. The highest BCUT2D eigenvalue weighted by molar-refractivity contribution is 7.90. The summed E-state index contributed by atoms with van der Waals surface area (Å²) in [5.74, 6) is 1.62. The third kappa shape index (κ3) is 3.68. The molecule has 0 bridgehead atoms. The zero-order chi connectivity index (χ0) is 14.9. The lowest BCUT2D eigenvalue weighted by molar-refractivity contribution is 0.409. The van der Waals surface area contributed by atoms with Gasteiger partial charge in [0, 0.05) is 11.4 Å². The van der Waals surface area contributed by atoms with Gasteiger partial charge in [0.1, 0.15) is 10.5 Å². The van der Waals surface area contributed by atoms with E-state index in [1.807, 2.05) is 26.8 Å². The van der Waals surface area contributed by atoms with E-state index < -0.39 is 11.4 Å². The maximum atomic E-state index is 12.2. The normalized spacial score (nSPS) is 18.7. The maximum absolute atomic E-state index is 12.2. The van der Waals surface area contributed by atoms with Gasteiger partial charge in [-0.1, -0.05) is 12.1 Å². The summed E-state index contributed by atoms with van der Waals surface area (Å²) in [6, 6.07) is 6.36. The van der Waals surface area contributed by atoms with Crippen LogP contribution in [-0.2, 0) is 11.4 Å². The Labute approximate surface area is 125 Å². The van der Waals surface area contributed by atoms with E-state index in [4.69, 9.17) is 4.74 Å². The highest BCUT2D eigenvalue weighted by atomic mass is 32.2. The lowest BCUT2D eigenvalue weighted by Gasteiger charge is -2.26. The van der Waals surface area contributed by atoms with Gasteiger partial charge in [-0.2, -0.15) is 0 Å². The molecular formula is C16H25NO2S. The van der Waals surface area contributed by atoms with Gasteiger partial charge in [-0.15, -0.1) is 4.72 Å². The number of hydrogen-bond acceptors (Lipinski definition) is 3. The molecule has 3 nitrogen and oxygen atoms in total. The second-order valence-electron chi connectivity index (χ2n) is 6.50. The zero-order valence-corrected chi connectivity index (χ0v) is 13.8. The molecule has 1 aromatic carbocycles. The Kier molecular flexibility index (Phi) is 4.67. The molecule has 1 aliphatic rings. The fraction of sp³-hybridized carbons (Fsp3) is 0.625. The molecule has 1 aliphatic carbocycles. The summed E-state index contributed by atoms with van der Waals surface area (Å²) in [7, 11) is 1.72. The molecule has 0 spiro atoms. The fourth-order valence-electron chi connectivity index (χ4n) is 2.14. The van der Waals surface area contributed by atoms with Crippen LogP contribution in [0.1, 0.15) is 63.6 Å². The van der Waals surface area contributed by atoms with E-state index in [-0.39, 0.29) is 10.8 Å². The highest BCUT2D eigenvalue weighted by Crippen LogP contribution is 2.45. The average Bonchev–Trinajstić information content (AvgIpc) is 3.21. The van der Waals surface area contributed by atoms with Crippen molar-refractivity contribution in [3.63, 3.8) is 0 Å². The molecule has 1 N–H and O–H groups in total. The predicted molar refractivity (Wildman–Crippen MR) is 84.4 cm³/mol. The van der Waals surface area contributed by atoms with Crippen LogP contribution < -0.4 is 9.46 Å². The van der Waals surface area contributed by atoms with Gasteiger partial charge in [-0.05, 0) is 63.6 Å². The minimum absolute atomic E-state index is 0.0680. The van der Waals surface area contributed by atoms with Gasteiger partial charge in [-0.25, -0.2) is 0 Å². The van der Waals surface area contributed by atoms with E-state index in [1.54, 1.807) is 7.11 Å². The molecule has 2 rings (SSSR count). The van der Waals surface area contributed by atoms with Crippen LogP contribution >= 0.6 is 0 Å². The van der Waals surface area contributed by atoms with Crippen LogP contribution in [-0.4, -0.2) is 16.4 Å². The molecule has 0 saturated heterocycles. The number of methoxy groups -OCH3 is 1. The molecule has 0 aliphatic heterocycles. The first-order chi connectivity index (χ1) is 9.32. The van der Waals surface area contributed by atoms with Crippen molar-refractivity contribution in [3.8, 4) is 5.75 Å². The molecule has 112 valence electrons. The Morgan fingerprint density at radius 3 is 2.50 bits per heavy atom. The van der Waals surface area contributed by atoms with Crippen LogP contribution in [0.25, 0.3) is 0 Å². The summed E-state index contributed by atoms with van der Waals surface area (Å²) in [6.45, 7) is 7.99. The van der Waals surface area contributed by atoms with Gasteiger partial charge in [0.05, 0.1) is 13.2 Å². The third-order valence-electron chi connectivity index (χ3n) is 3.61. The second-order valence-corrected chi connectivity index (χ2v) is 8.49. The van der Waals surface area contributed by atoms with Crippen LogP contribution in [0.5, 0.6) is 5.75 Å². The molecule has 4 heteroatoms. The van der Waals surface area contributed by atoms with Crippen molar-refractivity contribution in [2.75, 3.05) is 7.11 Å². The van der Waals surface area contributed by atoms with Gasteiger partial charge in [0.25, 0.3) is 0 Å². The molecular weight excluding hydrogens is 270 g/mol. The summed E-state index contributed by atoms with van der Waals surface area (Å²) in [5, 5.41) is 0. The summed E-state index contributed by atoms with van der Waals surface area (Å²) < 4.78 is 20.6. The van der Waals surface area contributed by atoms with Crippen molar-refractivity contribution in [2.45, 2.75) is 57.2 Å². The number of benzene rings is 1. The van der Waals surface area contributed by atoms with Crippen LogP contribution in [0.3, 0.4) is 0 Å². The molecule has 1 saturated carbocycles. The Morgan fingerprint density at radius 1 is 1.35 bits per heavy atom. The molecule has 0 radical (unpaired) electrons. The number of rotatable bonds is 5. The Bertz CT molecular complexity index is 466. The Morgan fingerprint density at radius 2 is 2.00 bits per heavy atom. The number of ether oxygens (including phenoxy) is 1. The van der Waals surface area contributed by atoms with Crippen LogP contribution in [0.4, 0.5) is 0 Å². The van der Waals surface area contributed by atoms with Gasteiger partial charge in [-0.3, -0.25) is 0 Å². The lowest BCUT2D eigenvalue weighted by Crippen LogP contribution is -2.40.